The molecule has 0 atom stereocenters. The minimum Gasteiger partial charge on any atom is -0.349 e. The number of alkyl halides is 3. The van der Waals surface area contributed by atoms with Crippen molar-refractivity contribution in [3.05, 3.63) is 17.7 Å². The molecule has 0 spiro atoms. The molecule has 1 heterocycles. The van der Waals surface area contributed by atoms with Gasteiger partial charge in [0.25, 0.3) is 0 Å². The van der Waals surface area contributed by atoms with Crippen LogP contribution in [0.15, 0.2) is 6.20 Å². The molecule has 0 saturated carbocycles. The minimum absolute atomic E-state index is 1.00. The van der Waals surface area contributed by atoms with E-state index in [1.54, 1.807) is 0 Å². The number of hydrogen-bond acceptors (Lipinski definition) is 1. The van der Waals surface area contributed by atoms with Crippen molar-refractivity contribution in [2.75, 3.05) is 0 Å². The molecule has 0 bridgehead atoms. The average Bonchev–Trinajstić information content (AvgIpc) is 2.34. The quantitative estimate of drug-likeness (QED) is 0.706. The highest BCUT2D eigenvalue weighted by Gasteiger charge is 1.89. The van der Waals surface area contributed by atoms with Crippen LogP contribution < -0.4 is 0 Å². The lowest BCUT2D eigenvalue weighted by molar-refractivity contribution is 0.00819. The highest BCUT2D eigenvalue weighted by atomic mass is 19.4. The zero-order chi connectivity index (χ0) is 9.56. The fraction of sp³-hybridized carbons (Fsp3) is 0.571. The predicted octanol–water partition coefficient (Wildman–Crippen LogP) is 2.46. The van der Waals surface area contributed by atoms with Gasteiger partial charge in [-0.1, -0.05) is 6.92 Å². The standard InChI is InChI=1S/C6H10N2.CHF3/c1-3-6-4-7-5(2)8-6;2-1(3)4/h4H,3H2,1-2H3,(H,7,8);1H. The maximum atomic E-state index is 9.67. The Bertz CT molecular complexity index is 207. The van der Waals surface area contributed by atoms with E-state index in [1.165, 1.54) is 0 Å². The van der Waals surface area contributed by atoms with Crippen molar-refractivity contribution in [1.29, 1.82) is 0 Å². The summed E-state index contributed by atoms with van der Waals surface area (Å²) in [7, 11) is 0. The summed E-state index contributed by atoms with van der Waals surface area (Å²) in [6.07, 6.45) is 2.96. The molecule has 70 valence electrons. The van der Waals surface area contributed by atoms with Gasteiger partial charge in [-0.2, -0.15) is 13.2 Å². The summed E-state index contributed by atoms with van der Waals surface area (Å²) < 4.78 is 29.0. The first-order valence-corrected chi connectivity index (χ1v) is 3.49. The van der Waals surface area contributed by atoms with Gasteiger partial charge in [-0.3, -0.25) is 0 Å². The van der Waals surface area contributed by atoms with Gasteiger partial charge in [-0.05, 0) is 13.3 Å². The maximum Gasteiger partial charge on any atom is 0.379 e. The lowest BCUT2D eigenvalue weighted by atomic mass is 10.4. The fourth-order valence-corrected chi connectivity index (χ4v) is 0.649. The Hall–Kier alpha value is -1.00. The van der Waals surface area contributed by atoms with Gasteiger partial charge in [0.2, 0.25) is 0 Å². The summed E-state index contributed by atoms with van der Waals surface area (Å²) in [5.74, 6) is 1.00. The Labute approximate surface area is 68.8 Å². The molecule has 0 aliphatic rings. The number of imidazole rings is 1. The number of hydrogen-bond donors (Lipinski definition) is 1. The van der Waals surface area contributed by atoms with Gasteiger partial charge in [0.05, 0.1) is 5.69 Å². The van der Waals surface area contributed by atoms with E-state index in [-0.39, 0.29) is 0 Å². The number of nitrogens with zero attached hydrogens (tertiary/aromatic N) is 1. The maximum absolute atomic E-state index is 9.67. The van der Waals surface area contributed by atoms with Gasteiger partial charge in [0, 0.05) is 6.20 Å². The number of nitrogens with one attached hydrogen (secondary N) is 1. The van der Waals surface area contributed by atoms with E-state index in [4.69, 9.17) is 0 Å². The van der Waals surface area contributed by atoms with Gasteiger partial charge in [0.15, 0.2) is 0 Å². The third-order valence-electron chi connectivity index (χ3n) is 1.12. The molecular formula is C7H11F3N2. The van der Waals surface area contributed by atoms with Crippen molar-refractivity contribution in [2.24, 2.45) is 0 Å². The second kappa shape index (κ2) is 5.62. The SMILES string of the molecule is CCc1c[nH]c(C)n1.FC(F)F. The van der Waals surface area contributed by atoms with Crippen molar-refractivity contribution < 1.29 is 13.2 Å². The Kier molecular flexibility index (Phi) is 5.16. The molecule has 1 aromatic rings. The first kappa shape index (κ1) is 11.0. The van der Waals surface area contributed by atoms with Crippen molar-refractivity contribution in [3.63, 3.8) is 0 Å². The molecule has 2 nitrogen and oxygen atoms in total. The largest absolute Gasteiger partial charge is 0.379 e. The minimum atomic E-state index is -3.67. The van der Waals surface area contributed by atoms with E-state index < -0.39 is 6.68 Å². The van der Waals surface area contributed by atoms with Gasteiger partial charge in [-0.25, -0.2) is 4.98 Å². The number of rotatable bonds is 1. The lowest BCUT2D eigenvalue weighted by Crippen LogP contribution is -1.76. The molecule has 0 aromatic carbocycles. The summed E-state index contributed by atoms with van der Waals surface area (Å²) in [4.78, 5) is 7.18. The van der Waals surface area contributed by atoms with Crippen LogP contribution >= 0.6 is 0 Å². The average molecular weight is 180 g/mol. The van der Waals surface area contributed by atoms with E-state index in [0.29, 0.717) is 0 Å². The van der Waals surface area contributed by atoms with Crippen LogP contribution in [0.4, 0.5) is 13.2 Å². The van der Waals surface area contributed by atoms with Crippen LogP contribution in [0.5, 0.6) is 0 Å². The van der Waals surface area contributed by atoms with Gasteiger partial charge in [0.1, 0.15) is 5.82 Å². The van der Waals surface area contributed by atoms with Gasteiger partial charge in [-0.15, -0.1) is 0 Å². The predicted molar refractivity (Wildman–Crippen MR) is 39.8 cm³/mol. The molecule has 12 heavy (non-hydrogen) atoms. The first-order chi connectivity index (χ1) is 5.56. The Morgan fingerprint density at radius 1 is 1.50 bits per heavy atom. The molecule has 0 aliphatic heterocycles. The molecule has 0 amide bonds. The molecule has 1 rings (SSSR count). The topological polar surface area (TPSA) is 28.7 Å². The molecule has 0 unspecified atom stereocenters. The van der Waals surface area contributed by atoms with Crippen molar-refractivity contribution in [1.82, 2.24) is 9.97 Å². The zero-order valence-electron chi connectivity index (χ0n) is 6.94. The molecule has 1 N–H and O–H groups in total. The van der Waals surface area contributed by atoms with Crippen LogP contribution in [-0.4, -0.2) is 16.6 Å². The summed E-state index contributed by atoms with van der Waals surface area (Å²) in [5, 5.41) is 0. The van der Waals surface area contributed by atoms with E-state index >= 15 is 0 Å². The van der Waals surface area contributed by atoms with Gasteiger partial charge < -0.3 is 4.98 Å². The highest BCUT2D eigenvalue weighted by molar-refractivity contribution is 4.98. The molecular weight excluding hydrogens is 169 g/mol. The van der Waals surface area contributed by atoms with Crippen molar-refractivity contribution in [2.45, 2.75) is 26.9 Å². The van der Waals surface area contributed by atoms with Crippen LogP contribution in [0.2, 0.25) is 0 Å². The fourth-order valence-electron chi connectivity index (χ4n) is 0.649. The number of halogens is 3. The molecule has 1 aromatic heterocycles. The van der Waals surface area contributed by atoms with E-state index in [9.17, 15) is 13.2 Å². The number of aromatic nitrogens is 2. The Balaban J connectivity index is 0.000000261. The Morgan fingerprint density at radius 2 is 2.00 bits per heavy atom. The molecule has 0 aliphatic carbocycles. The number of aromatic amines is 1. The van der Waals surface area contributed by atoms with Crippen LogP contribution in [0.1, 0.15) is 18.4 Å². The van der Waals surface area contributed by atoms with Crippen LogP contribution in [-0.2, 0) is 6.42 Å². The highest BCUT2D eigenvalue weighted by Crippen LogP contribution is 1.94. The van der Waals surface area contributed by atoms with Crippen LogP contribution in [0, 0.1) is 6.92 Å². The second-order valence-electron chi connectivity index (χ2n) is 2.08. The number of aryl methyl sites for hydroxylation is 2. The zero-order valence-corrected chi connectivity index (χ0v) is 6.94. The smallest absolute Gasteiger partial charge is 0.349 e. The lowest BCUT2D eigenvalue weighted by Gasteiger charge is -1.79. The van der Waals surface area contributed by atoms with E-state index in [0.717, 1.165) is 17.9 Å². The molecule has 0 fully saturated rings. The number of H-pyrrole nitrogens is 1. The van der Waals surface area contributed by atoms with Crippen LogP contribution in [0.3, 0.4) is 0 Å². The normalized spacial score (nSPS) is 9.50. The molecule has 0 radical (unpaired) electrons. The summed E-state index contributed by atoms with van der Waals surface area (Å²) in [5.41, 5.74) is 1.14. The van der Waals surface area contributed by atoms with Crippen molar-refractivity contribution >= 4 is 0 Å². The summed E-state index contributed by atoms with van der Waals surface area (Å²) in [6.45, 7) is 0.384. The molecule has 0 saturated heterocycles. The first-order valence-electron chi connectivity index (χ1n) is 3.49. The monoisotopic (exact) mass is 180 g/mol. The van der Waals surface area contributed by atoms with Crippen LogP contribution in [0.25, 0.3) is 0 Å². The van der Waals surface area contributed by atoms with E-state index in [1.807, 2.05) is 13.1 Å². The van der Waals surface area contributed by atoms with Gasteiger partial charge >= 0.3 is 6.68 Å². The Morgan fingerprint density at radius 3 is 2.17 bits per heavy atom. The second-order valence-corrected chi connectivity index (χ2v) is 2.08. The van der Waals surface area contributed by atoms with E-state index in [2.05, 4.69) is 16.9 Å². The van der Waals surface area contributed by atoms with Crippen molar-refractivity contribution in [3.8, 4) is 0 Å². The third kappa shape index (κ3) is 5.76. The summed E-state index contributed by atoms with van der Waals surface area (Å²) in [6, 6.07) is 0. The third-order valence-corrected chi connectivity index (χ3v) is 1.12. The molecule has 5 heteroatoms. The summed E-state index contributed by atoms with van der Waals surface area (Å²) >= 11 is 0.